The molecule has 0 heterocycles. The SMILES string of the molecule is CC(C#N)CCC(=O)OCl. The molecule has 0 aromatic carbocycles. The highest BCUT2D eigenvalue weighted by Gasteiger charge is 2.05. The maximum absolute atomic E-state index is 10.4. The summed E-state index contributed by atoms with van der Waals surface area (Å²) in [5, 5.41) is 8.29. The van der Waals surface area contributed by atoms with E-state index in [4.69, 9.17) is 17.1 Å². The second-order valence-electron chi connectivity index (χ2n) is 2.02. The second kappa shape index (κ2) is 5.07. The van der Waals surface area contributed by atoms with Crippen LogP contribution in [0.4, 0.5) is 0 Å². The van der Waals surface area contributed by atoms with Crippen LogP contribution in [0.5, 0.6) is 0 Å². The van der Waals surface area contributed by atoms with Gasteiger partial charge in [0.1, 0.15) is 11.9 Å². The predicted octanol–water partition coefficient (Wildman–Crippen LogP) is 1.62. The van der Waals surface area contributed by atoms with Crippen molar-refractivity contribution in [3.63, 3.8) is 0 Å². The van der Waals surface area contributed by atoms with Gasteiger partial charge in [-0.2, -0.15) is 5.26 Å². The van der Waals surface area contributed by atoms with Crippen LogP contribution in [0, 0.1) is 17.2 Å². The van der Waals surface area contributed by atoms with Crippen molar-refractivity contribution in [1.29, 1.82) is 5.26 Å². The minimum Gasteiger partial charge on any atom is -0.348 e. The van der Waals surface area contributed by atoms with Gasteiger partial charge in [-0.3, -0.25) is 4.79 Å². The smallest absolute Gasteiger partial charge is 0.324 e. The van der Waals surface area contributed by atoms with Gasteiger partial charge in [-0.25, -0.2) is 0 Å². The lowest BCUT2D eigenvalue weighted by atomic mass is 10.1. The van der Waals surface area contributed by atoms with E-state index in [0.29, 0.717) is 6.42 Å². The van der Waals surface area contributed by atoms with Gasteiger partial charge in [0.05, 0.1) is 6.07 Å². The largest absolute Gasteiger partial charge is 0.348 e. The summed E-state index contributed by atoms with van der Waals surface area (Å²) < 4.78 is 3.87. The van der Waals surface area contributed by atoms with Crippen LogP contribution < -0.4 is 0 Å². The van der Waals surface area contributed by atoms with E-state index in [9.17, 15) is 4.79 Å². The van der Waals surface area contributed by atoms with Crippen LogP contribution in [-0.4, -0.2) is 5.97 Å². The molecule has 3 nitrogen and oxygen atoms in total. The number of carbonyl (C=O) groups is 1. The van der Waals surface area contributed by atoms with Gasteiger partial charge in [0, 0.05) is 12.3 Å². The molecule has 0 aromatic heterocycles. The lowest BCUT2D eigenvalue weighted by Gasteiger charge is -1.97. The fourth-order valence-corrected chi connectivity index (χ4v) is 0.515. The van der Waals surface area contributed by atoms with Gasteiger partial charge in [0.2, 0.25) is 0 Å². The number of nitriles is 1. The Morgan fingerprint density at radius 1 is 1.90 bits per heavy atom. The molecule has 0 fully saturated rings. The van der Waals surface area contributed by atoms with Crippen molar-refractivity contribution in [2.45, 2.75) is 19.8 Å². The van der Waals surface area contributed by atoms with Crippen LogP contribution in [0.2, 0.25) is 0 Å². The van der Waals surface area contributed by atoms with Crippen molar-refractivity contribution < 1.29 is 9.08 Å². The van der Waals surface area contributed by atoms with Gasteiger partial charge >= 0.3 is 5.97 Å². The van der Waals surface area contributed by atoms with Crippen molar-refractivity contribution in [3.8, 4) is 6.07 Å². The van der Waals surface area contributed by atoms with E-state index in [2.05, 4.69) is 4.29 Å². The van der Waals surface area contributed by atoms with E-state index in [-0.39, 0.29) is 12.3 Å². The van der Waals surface area contributed by atoms with Gasteiger partial charge in [-0.05, 0) is 13.3 Å². The summed E-state index contributed by atoms with van der Waals surface area (Å²) in [5.41, 5.74) is 0. The van der Waals surface area contributed by atoms with Gasteiger partial charge in [0.25, 0.3) is 0 Å². The first-order chi connectivity index (χ1) is 4.70. The average molecular weight is 162 g/mol. The van der Waals surface area contributed by atoms with Crippen molar-refractivity contribution in [2.75, 3.05) is 0 Å². The Labute approximate surface area is 64.7 Å². The Hall–Kier alpha value is -0.750. The number of rotatable bonds is 3. The van der Waals surface area contributed by atoms with Crippen molar-refractivity contribution >= 4 is 17.8 Å². The van der Waals surface area contributed by atoms with Gasteiger partial charge in [-0.1, -0.05) is 0 Å². The fraction of sp³-hybridized carbons (Fsp3) is 0.667. The van der Waals surface area contributed by atoms with E-state index in [1.54, 1.807) is 6.92 Å². The monoisotopic (exact) mass is 161 g/mol. The van der Waals surface area contributed by atoms with E-state index in [0.717, 1.165) is 0 Å². The highest BCUT2D eigenvalue weighted by Crippen LogP contribution is 2.04. The van der Waals surface area contributed by atoms with Crippen LogP contribution in [0.15, 0.2) is 0 Å². The maximum atomic E-state index is 10.4. The molecule has 1 atom stereocenters. The topological polar surface area (TPSA) is 50.1 Å². The molecule has 4 heteroatoms. The van der Waals surface area contributed by atoms with Gasteiger partial charge in [0.15, 0.2) is 0 Å². The minimum absolute atomic E-state index is 0.115. The number of hydrogen-bond donors (Lipinski definition) is 0. The first-order valence-electron chi connectivity index (χ1n) is 2.91. The summed E-state index contributed by atoms with van der Waals surface area (Å²) >= 11 is 4.75. The second-order valence-corrected chi connectivity index (χ2v) is 2.17. The molecule has 0 aliphatic carbocycles. The standard InChI is InChI=1S/C6H8ClNO2/c1-5(4-8)2-3-6(9)10-7/h5H,2-3H2,1H3. The maximum Gasteiger partial charge on any atom is 0.324 e. The van der Waals surface area contributed by atoms with Crippen molar-refractivity contribution in [3.05, 3.63) is 0 Å². The molecule has 56 valence electrons. The summed E-state index contributed by atoms with van der Waals surface area (Å²) in [6.07, 6.45) is 0.709. The molecule has 0 rings (SSSR count). The van der Waals surface area contributed by atoms with E-state index >= 15 is 0 Å². The highest BCUT2D eigenvalue weighted by molar-refractivity contribution is 6.13. The Morgan fingerprint density at radius 2 is 2.50 bits per heavy atom. The van der Waals surface area contributed by atoms with E-state index < -0.39 is 5.97 Å². The Balaban J connectivity index is 3.37. The lowest BCUT2D eigenvalue weighted by molar-refractivity contribution is -0.134. The van der Waals surface area contributed by atoms with Crippen LogP contribution in [-0.2, 0) is 9.08 Å². The molecule has 1 unspecified atom stereocenters. The van der Waals surface area contributed by atoms with Crippen LogP contribution >= 0.6 is 11.9 Å². The van der Waals surface area contributed by atoms with Gasteiger partial charge < -0.3 is 4.29 Å². The fourth-order valence-electron chi connectivity index (χ4n) is 0.437. The molecule has 0 spiro atoms. The minimum atomic E-state index is -0.483. The molecule has 0 saturated carbocycles. The predicted molar refractivity (Wildman–Crippen MR) is 36.0 cm³/mol. The molecule has 0 aromatic rings. The molecule has 0 bridgehead atoms. The summed E-state index contributed by atoms with van der Waals surface area (Å²) in [6, 6.07) is 1.99. The number of halogens is 1. The summed E-state index contributed by atoms with van der Waals surface area (Å²) in [5.74, 6) is -0.598. The first kappa shape index (κ1) is 9.25. The molecule has 0 saturated heterocycles. The molecular weight excluding hydrogens is 154 g/mol. The number of nitrogens with zero attached hydrogens (tertiary/aromatic N) is 1. The highest BCUT2D eigenvalue weighted by atomic mass is 35.5. The van der Waals surface area contributed by atoms with E-state index in [1.165, 1.54) is 0 Å². The Morgan fingerprint density at radius 3 is 2.90 bits per heavy atom. The zero-order valence-electron chi connectivity index (χ0n) is 5.63. The number of hydrogen-bond acceptors (Lipinski definition) is 3. The summed E-state index contributed by atoms with van der Waals surface area (Å²) in [4.78, 5) is 10.4. The molecule has 0 aliphatic heterocycles. The molecule has 0 N–H and O–H groups in total. The number of carbonyl (C=O) groups excluding carboxylic acids is 1. The van der Waals surface area contributed by atoms with Crippen LogP contribution in [0.3, 0.4) is 0 Å². The third-order valence-corrected chi connectivity index (χ3v) is 1.26. The molecular formula is C6H8ClNO2. The van der Waals surface area contributed by atoms with Crippen LogP contribution in [0.25, 0.3) is 0 Å². The third-order valence-electron chi connectivity index (χ3n) is 1.09. The van der Waals surface area contributed by atoms with Crippen LogP contribution in [0.1, 0.15) is 19.8 Å². The normalized spacial score (nSPS) is 11.7. The zero-order valence-corrected chi connectivity index (χ0v) is 6.39. The first-order valence-corrected chi connectivity index (χ1v) is 3.22. The Bertz CT molecular complexity index is 152. The Kier molecular flexibility index (Phi) is 4.69. The average Bonchev–Trinajstić information content (AvgIpc) is 1.99. The quantitative estimate of drug-likeness (QED) is 0.632. The molecule has 0 aliphatic rings. The van der Waals surface area contributed by atoms with Crippen molar-refractivity contribution in [1.82, 2.24) is 0 Å². The molecule has 0 radical (unpaired) electrons. The molecule has 10 heavy (non-hydrogen) atoms. The summed E-state index contributed by atoms with van der Waals surface area (Å²) in [7, 11) is 0. The third kappa shape index (κ3) is 4.16. The lowest BCUT2D eigenvalue weighted by Crippen LogP contribution is -1.99. The zero-order chi connectivity index (χ0) is 7.98. The molecule has 0 amide bonds. The van der Waals surface area contributed by atoms with Gasteiger partial charge in [-0.15, -0.1) is 0 Å². The summed E-state index contributed by atoms with van der Waals surface area (Å²) in [6.45, 7) is 1.74. The van der Waals surface area contributed by atoms with Crippen molar-refractivity contribution in [2.24, 2.45) is 5.92 Å². The van der Waals surface area contributed by atoms with E-state index in [1.807, 2.05) is 6.07 Å².